The minimum absolute atomic E-state index is 0.593. The fraction of sp³-hybridized carbons (Fsp3) is 0.917. The van der Waals surface area contributed by atoms with Crippen LogP contribution in [-0.4, -0.2) is 35.0 Å². The summed E-state index contributed by atoms with van der Waals surface area (Å²) in [4.78, 5) is 7.17. The topological polar surface area (TPSA) is 15.6 Å². The van der Waals surface area contributed by atoms with Crippen molar-refractivity contribution in [2.24, 2.45) is 10.9 Å². The van der Waals surface area contributed by atoms with Gasteiger partial charge in [0, 0.05) is 24.9 Å². The van der Waals surface area contributed by atoms with Gasteiger partial charge in [-0.1, -0.05) is 25.6 Å². The zero-order chi connectivity index (χ0) is 11.3. The summed E-state index contributed by atoms with van der Waals surface area (Å²) in [5.41, 5.74) is 0. The van der Waals surface area contributed by atoms with Crippen LogP contribution in [0.15, 0.2) is 4.99 Å². The molecular weight excluding hydrogens is 204 g/mol. The van der Waals surface area contributed by atoms with Gasteiger partial charge in [0.15, 0.2) is 5.17 Å². The molecule has 0 spiro atoms. The molecule has 0 unspecified atom stereocenters. The molecule has 2 nitrogen and oxygen atoms in total. The molecular formula is C12H24N2S. The molecule has 1 rings (SSSR count). The Bertz CT molecular complexity index is 212. The van der Waals surface area contributed by atoms with Gasteiger partial charge in [0.25, 0.3) is 0 Å². The third kappa shape index (κ3) is 4.45. The highest BCUT2D eigenvalue weighted by Crippen LogP contribution is 2.20. The van der Waals surface area contributed by atoms with Gasteiger partial charge < -0.3 is 4.90 Å². The molecule has 15 heavy (non-hydrogen) atoms. The van der Waals surface area contributed by atoms with Crippen molar-refractivity contribution in [3.63, 3.8) is 0 Å². The lowest BCUT2D eigenvalue weighted by Crippen LogP contribution is -2.39. The van der Waals surface area contributed by atoms with Gasteiger partial charge >= 0.3 is 0 Å². The van der Waals surface area contributed by atoms with E-state index in [4.69, 9.17) is 4.99 Å². The molecule has 1 saturated heterocycles. The SMILES string of the molecule is CC(C)CCN=C1SCCCN1C(C)C. The molecule has 0 atom stereocenters. The van der Waals surface area contributed by atoms with Crippen molar-refractivity contribution in [1.29, 1.82) is 0 Å². The van der Waals surface area contributed by atoms with E-state index in [1.807, 2.05) is 11.8 Å². The first-order valence-electron chi connectivity index (χ1n) is 6.05. The van der Waals surface area contributed by atoms with E-state index < -0.39 is 0 Å². The Labute approximate surface area is 98.5 Å². The van der Waals surface area contributed by atoms with E-state index in [1.54, 1.807) is 0 Å². The highest BCUT2D eigenvalue weighted by atomic mass is 32.2. The molecule has 0 radical (unpaired) electrons. The number of thioether (sulfide) groups is 1. The van der Waals surface area contributed by atoms with Crippen molar-refractivity contribution in [3.05, 3.63) is 0 Å². The van der Waals surface area contributed by atoms with Crippen LogP contribution >= 0.6 is 11.8 Å². The third-order valence-corrected chi connectivity index (χ3v) is 3.71. The van der Waals surface area contributed by atoms with Gasteiger partial charge in [-0.15, -0.1) is 0 Å². The van der Waals surface area contributed by atoms with Gasteiger partial charge in [-0.2, -0.15) is 0 Å². The Hall–Kier alpha value is -0.180. The fourth-order valence-electron chi connectivity index (χ4n) is 1.61. The van der Waals surface area contributed by atoms with E-state index in [1.165, 1.54) is 30.3 Å². The second-order valence-corrected chi connectivity index (χ2v) is 5.90. The van der Waals surface area contributed by atoms with E-state index in [-0.39, 0.29) is 0 Å². The van der Waals surface area contributed by atoms with Crippen molar-refractivity contribution in [1.82, 2.24) is 4.90 Å². The zero-order valence-corrected chi connectivity index (χ0v) is 11.3. The first-order chi connectivity index (χ1) is 7.11. The average Bonchev–Trinajstić information content (AvgIpc) is 2.17. The Morgan fingerprint density at radius 3 is 2.67 bits per heavy atom. The lowest BCUT2D eigenvalue weighted by atomic mass is 10.1. The minimum Gasteiger partial charge on any atom is -0.349 e. The van der Waals surface area contributed by atoms with Crippen molar-refractivity contribution in [2.45, 2.75) is 46.6 Å². The number of nitrogens with zero attached hydrogens (tertiary/aromatic N) is 2. The van der Waals surface area contributed by atoms with Crippen LogP contribution in [0.4, 0.5) is 0 Å². The fourth-order valence-corrected chi connectivity index (χ4v) is 2.72. The summed E-state index contributed by atoms with van der Waals surface area (Å²) in [7, 11) is 0. The molecule has 0 amide bonds. The maximum absolute atomic E-state index is 4.73. The van der Waals surface area contributed by atoms with Crippen LogP contribution in [-0.2, 0) is 0 Å². The molecule has 0 saturated carbocycles. The highest BCUT2D eigenvalue weighted by molar-refractivity contribution is 8.13. The lowest BCUT2D eigenvalue weighted by molar-refractivity contribution is 0.352. The van der Waals surface area contributed by atoms with Crippen molar-refractivity contribution >= 4 is 16.9 Å². The van der Waals surface area contributed by atoms with E-state index in [2.05, 4.69) is 32.6 Å². The van der Waals surface area contributed by atoms with E-state index in [0.717, 1.165) is 12.5 Å². The van der Waals surface area contributed by atoms with E-state index >= 15 is 0 Å². The number of hydrogen-bond acceptors (Lipinski definition) is 2. The van der Waals surface area contributed by atoms with Crippen molar-refractivity contribution < 1.29 is 0 Å². The molecule has 0 aromatic carbocycles. The molecule has 3 heteroatoms. The largest absolute Gasteiger partial charge is 0.349 e. The summed E-state index contributed by atoms with van der Waals surface area (Å²) < 4.78 is 0. The molecule has 1 fully saturated rings. The Kier molecular flexibility index (Phi) is 5.51. The zero-order valence-electron chi connectivity index (χ0n) is 10.5. The summed E-state index contributed by atoms with van der Waals surface area (Å²) >= 11 is 1.93. The monoisotopic (exact) mass is 228 g/mol. The first-order valence-corrected chi connectivity index (χ1v) is 7.03. The minimum atomic E-state index is 0.593. The summed E-state index contributed by atoms with van der Waals surface area (Å²) in [5.74, 6) is 2.00. The number of amidine groups is 1. The number of hydrogen-bond donors (Lipinski definition) is 0. The standard InChI is InChI=1S/C12H24N2S/c1-10(2)6-7-13-12-14(11(3)4)8-5-9-15-12/h10-11H,5-9H2,1-4H3. The van der Waals surface area contributed by atoms with Crippen molar-refractivity contribution in [3.8, 4) is 0 Å². The Balaban J connectivity index is 2.48. The molecule has 1 aliphatic rings. The number of rotatable bonds is 4. The van der Waals surface area contributed by atoms with Gasteiger partial charge in [-0.25, -0.2) is 0 Å². The molecule has 0 aromatic heterocycles. The third-order valence-electron chi connectivity index (χ3n) is 2.60. The van der Waals surface area contributed by atoms with Crippen LogP contribution in [0.1, 0.15) is 40.5 Å². The highest BCUT2D eigenvalue weighted by Gasteiger charge is 2.19. The Morgan fingerprint density at radius 2 is 2.07 bits per heavy atom. The maximum atomic E-state index is 4.73. The normalized spacial score (nSPS) is 20.7. The molecule has 1 aliphatic heterocycles. The van der Waals surface area contributed by atoms with Crippen molar-refractivity contribution in [2.75, 3.05) is 18.8 Å². The summed E-state index contributed by atoms with van der Waals surface area (Å²) in [6.07, 6.45) is 2.50. The average molecular weight is 228 g/mol. The molecule has 0 aromatic rings. The molecule has 1 heterocycles. The van der Waals surface area contributed by atoms with E-state index in [0.29, 0.717) is 6.04 Å². The van der Waals surface area contributed by atoms with Gasteiger partial charge in [0.05, 0.1) is 0 Å². The summed E-state index contributed by atoms with van der Waals surface area (Å²) in [6, 6.07) is 0.593. The molecule has 88 valence electrons. The molecule has 0 N–H and O–H groups in total. The Morgan fingerprint density at radius 1 is 1.33 bits per heavy atom. The van der Waals surface area contributed by atoms with Crippen LogP contribution in [0.25, 0.3) is 0 Å². The summed E-state index contributed by atoms with van der Waals surface area (Å²) in [6.45, 7) is 11.2. The second-order valence-electron chi connectivity index (χ2n) is 4.84. The molecule has 0 aliphatic carbocycles. The van der Waals surface area contributed by atoms with Crippen LogP contribution in [0.5, 0.6) is 0 Å². The van der Waals surface area contributed by atoms with Crippen LogP contribution in [0.2, 0.25) is 0 Å². The van der Waals surface area contributed by atoms with Gasteiger partial charge in [0.2, 0.25) is 0 Å². The van der Waals surface area contributed by atoms with Crippen LogP contribution < -0.4 is 0 Å². The predicted molar refractivity (Wildman–Crippen MR) is 70.7 cm³/mol. The lowest BCUT2D eigenvalue weighted by Gasteiger charge is -2.33. The molecule has 0 bridgehead atoms. The van der Waals surface area contributed by atoms with Gasteiger partial charge in [-0.3, -0.25) is 4.99 Å². The van der Waals surface area contributed by atoms with Crippen LogP contribution in [0.3, 0.4) is 0 Å². The van der Waals surface area contributed by atoms with Gasteiger partial charge in [0.1, 0.15) is 0 Å². The van der Waals surface area contributed by atoms with Crippen LogP contribution in [0, 0.1) is 5.92 Å². The smallest absolute Gasteiger partial charge is 0.159 e. The maximum Gasteiger partial charge on any atom is 0.159 e. The summed E-state index contributed by atoms with van der Waals surface area (Å²) in [5, 5.41) is 1.27. The quantitative estimate of drug-likeness (QED) is 0.734. The van der Waals surface area contributed by atoms with E-state index in [9.17, 15) is 0 Å². The van der Waals surface area contributed by atoms with Gasteiger partial charge in [-0.05, 0) is 32.6 Å². The number of aliphatic imine (C=N–C) groups is 1. The second kappa shape index (κ2) is 6.41. The first kappa shape index (κ1) is 12.9. The predicted octanol–water partition coefficient (Wildman–Crippen LogP) is 3.24.